The summed E-state index contributed by atoms with van der Waals surface area (Å²) in [6.07, 6.45) is 3.23. The smallest absolute Gasteiger partial charge is 0.259 e. The topological polar surface area (TPSA) is 59.8 Å². The fourth-order valence-electron chi connectivity index (χ4n) is 2.00. The highest BCUT2D eigenvalue weighted by Crippen LogP contribution is 2.24. The summed E-state index contributed by atoms with van der Waals surface area (Å²) >= 11 is 6.04. The Kier molecular flexibility index (Phi) is 3.12. The highest BCUT2D eigenvalue weighted by molar-refractivity contribution is 6.35. The zero-order valence-corrected chi connectivity index (χ0v) is 11.4. The number of hydrogen-bond acceptors (Lipinski definition) is 3. The normalized spacial score (nSPS) is 10.7. The summed E-state index contributed by atoms with van der Waals surface area (Å²) in [5.41, 5.74) is 0.468. The van der Waals surface area contributed by atoms with E-state index >= 15 is 0 Å². The number of fused-ring (bicyclic) bond motifs is 1. The van der Waals surface area contributed by atoms with Gasteiger partial charge in [-0.2, -0.15) is 5.10 Å². The van der Waals surface area contributed by atoms with Crippen LogP contribution < -0.4 is 5.32 Å². The molecule has 1 N–H and O–H groups in total. The maximum Gasteiger partial charge on any atom is 0.259 e. The molecule has 3 rings (SSSR count). The van der Waals surface area contributed by atoms with Crippen LogP contribution in [-0.2, 0) is 7.05 Å². The van der Waals surface area contributed by atoms with Crippen molar-refractivity contribution in [3.05, 3.63) is 53.4 Å². The number of nitrogens with zero attached hydrogens (tertiary/aromatic N) is 3. The Labute approximate surface area is 120 Å². The van der Waals surface area contributed by atoms with Crippen LogP contribution in [0, 0.1) is 0 Å². The Morgan fingerprint density at radius 1 is 1.25 bits per heavy atom. The molecule has 2 aromatic heterocycles. The standard InChI is InChI=1S/C14H11ClN4O/c1-19-7-6-12(18-19)17-14(20)11-8-16-13(15)10-5-3-2-4-9(10)11/h2-8H,1H3,(H,17,18,20). The van der Waals surface area contributed by atoms with Crippen molar-refractivity contribution in [2.45, 2.75) is 0 Å². The van der Waals surface area contributed by atoms with Crippen LogP contribution >= 0.6 is 11.6 Å². The van der Waals surface area contributed by atoms with Gasteiger partial charge in [-0.25, -0.2) is 4.98 Å². The van der Waals surface area contributed by atoms with Crippen molar-refractivity contribution >= 4 is 34.1 Å². The van der Waals surface area contributed by atoms with Crippen molar-refractivity contribution in [3.63, 3.8) is 0 Å². The molecular formula is C14H11ClN4O. The van der Waals surface area contributed by atoms with Crippen LogP contribution in [0.5, 0.6) is 0 Å². The van der Waals surface area contributed by atoms with Gasteiger partial charge >= 0.3 is 0 Å². The number of benzene rings is 1. The van der Waals surface area contributed by atoms with Crippen LogP contribution in [0.3, 0.4) is 0 Å². The van der Waals surface area contributed by atoms with Crippen molar-refractivity contribution in [1.29, 1.82) is 0 Å². The number of hydrogen-bond donors (Lipinski definition) is 1. The number of halogens is 1. The van der Waals surface area contributed by atoms with E-state index in [9.17, 15) is 4.79 Å². The van der Waals surface area contributed by atoms with E-state index in [4.69, 9.17) is 11.6 Å². The Bertz CT molecular complexity index is 797. The molecule has 0 fully saturated rings. The number of aromatic nitrogens is 3. The molecule has 100 valence electrons. The number of aryl methyl sites for hydroxylation is 1. The number of amides is 1. The van der Waals surface area contributed by atoms with Gasteiger partial charge in [0.25, 0.3) is 5.91 Å². The van der Waals surface area contributed by atoms with E-state index in [0.717, 1.165) is 10.8 Å². The van der Waals surface area contributed by atoms with Gasteiger partial charge in [0.1, 0.15) is 5.15 Å². The minimum atomic E-state index is -0.260. The molecule has 1 amide bonds. The van der Waals surface area contributed by atoms with Crippen LogP contribution in [0.4, 0.5) is 5.82 Å². The number of pyridine rings is 1. The van der Waals surface area contributed by atoms with Gasteiger partial charge < -0.3 is 5.32 Å². The molecule has 0 aliphatic rings. The first-order valence-corrected chi connectivity index (χ1v) is 6.37. The lowest BCUT2D eigenvalue weighted by Crippen LogP contribution is -2.13. The molecule has 6 heteroatoms. The Balaban J connectivity index is 2.01. The third-order valence-electron chi connectivity index (χ3n) is 2.95. The van der Waals surface area contributed by atoms with Crippen molar-refractivity contribution < 1.29 is 4.79 Å². The van der Waals surface area contributed by atoms with E-state index in [1.165, 1.54) is 6.20 Å². The summed E-state index contributed by atoms with van der Waals surface area (Å²) in [5.74, 6) is 0.237. The summed E-state index contributed by atoms with van der Waals surface area (Å²) in [4.78, 5) is 16.4. The van der Waals surface area contributed by atoms with Gasteiger partial charge in [-0.3, -0.25) is 9.48 Å². The van der Waals surface area contributed by atoms with Gasteiger partial charge in [0.05, 0.1) is 5.56 Å². The highest BCUT2D eigenvalue weighted by atomic mass is 35.5. The molecule has 1 aromatic carbocycles. The zero-order chi connectivity index (χ0) is 14.1. The second-order valence-corrected chi connectivity index (χ2v) is 4.70. The zero-order valence-electron chi connectivity index (χ0n) is 10.7. The summed E-state index contributed by atoms with van der Waals surface area (Å²) < 4.78 is 1.62. The van der Waals surface area contributed by atoms with Crippen LogP contribution in [0.2, 0.25) is 5.15 Å². The first kappa shape index (κ1) is 12.6. The minimum absolute atomic E-state index is 0.260. The molecule has 0 aliphatic heterocycles. The molecule has 2 heterocycles. The van der Waals surface area contributed by atoms with Crippen LogP contribution in [0.1, 0.15) is 10.4 Å². The quantitative estimate of drug-likeness (QED) is 0.737. The molecule has 0 bridgehead atoms. The SMILES string of the molecule is Cn1ccc(NC(=O)c2cnc(Cl)c3ccccc23)n1. The van der Waals surface area contributed by atoms with Crippen LogP contribution in [0.25, 0.3) is 10.8 Å². The second kappa shape index (κ2) is 4.94. The average molecular weight is 287 g/mol. The maximum atomic E-state index is 12.3. The molecule has 20 heavy (non-hydrogen) atoms. The third kappa shape index (κ3) is 2.23. The largest absolute Gasteiger partial charge is 0.305 e. The van der Waals surface area contributed by atoms with Crippen molar-refractivity contribution in [2.75, 3.05) is 5.32 Å². The molecule has 0 radical (unpaired) electrons. The van der Waals surface area contributed by atoms with Gasteiger partial charge in [-0.15, -0.1) is 0 Å². The Morgan fingerprint density at radius 3 is 2.70 bits per heavy atom. The van der Waals surface area contributed by atoms with Crippen molar-refractivity contribution in [1.82, 2.24) is 14.8 Å². The van der Waals surface area contributed by atoms with Crippen molar-refractivity contribution in [3.8, 4) is 0 Å². The van der Waals surface area contributed by atoms with E-state index in [1.54, 1.807) is 24.0 Å². The monoisotopic (exact) mass is 286 g/mol. The lowest BCUT2D eigenvalue weighted by atomic mass is 10.1. The molecule has 0 saturated carbocycles. The molecular weight excluding hydrogens is 276 g/mol. The molecule has 0 atom stereocenters. The second-order valence-electron chi connectivity index (χ2n) is 4.34. The molecule has 0 spiro atoms. The number of nitrogens with one attached hydrogen (secondary N) is 1. The molecule has 3 aromatic rings. The molecule has 5 nitrogen and oxygen atoms in total. The van der Waals surface area contributed by atoms with Gasteiger partial charge in [0.2, 0.25) is 0 Å². The predicted octanol–water partition coefficient (Wildman–Crippen LogP) is 2.87. The number of rotatable bonds is 2. The summed E-state index contributed by atoms with van der Waals surface area (Å²) in [6.45, 7) is 0. The van der Waals surface area contributed by atoms with Gasteiger partial charge in [0, 0.05) is 30.9 Å². The van der Waals surface area contributed by atoms with Gasteiger partial charge in [-0.05, 0) is 5.39 Å². The summed E-state index contributed by atoms with van der Waals surface area (Å²) in [7, 11) is 1.79. The van der Waals surface area contributed by atoms with Gasteiger partial charge in [0.15, 0.2) is 5.82 Å². The number of anilines is 1. The average Bonchev–Trinajstić information content (AvgIpc) is 2.84. The maximum absolute atomic E-state index is 12.3. The summed E-state index contributed by atoms with van der Waals surface area (Å²) in [6, 6.07) is 9.12. The fourth-order valence-corrected chi connectivity index (χ4v) is 2.22. The van der Waals surface area contributed by atoms with Crippen LogP contribution in [0.15, 0.2) is 42.7 Å². The first-order chi connectivity index (χ1) is 9.65. The molecule has 0 aliphatic carbocycles. The predicted molar refractivity (Wildman–Crippen MR) is 77.9 cm³/mol. The van der Waals surface area contributed by atoms with E-state index in [1.807, 2.05) is 24.3 Å². The Morgan fingerprint density at radius 2 is 2.00 bits per heavy atom. The third-order valence-corrected chi connectivity index (χ3v) is 3.25. The molecule has 0 saturated heterocycles. The summed E-state index contributed by atoms with van der Waals surface area (Å²) in [5, 5.41) is 8.75. The first-order valence-electron chi connectivity index (χ1n) is 5.99. The number of carbonyl (C=O) groups is 1. The van der Waals surface area contributed by atoms with E-state index in [-0.39, 0.29) is 5.91 Å². The van der Waals surface area contributed by atoms with Crippen molar-refractivity contribution in [2.24, 2.45) is 7.05 Å². The van der Waals surface area contributed by atoms with E-state index in [0.29, 0.717) is 16.5 Å². The fraction of sp³-hybridized carbons (Fsp3) is 0.0714. The van der Waals surface area contributed by atoms with Crippen LogP contribution in [-0.4, -0.2) is 20.7 Å². The van der Waals surface area contributed by atoms with E-state index in [2.05, 4.69) is 15.4 Å². The minimum Gasteiger partial charge on any atom is -0.305 e. The lowest BCUT2D eigenvalue weighted by molar-refractivity contribution is 0.102. The highest BCUT2D eigenvalue weighted by Gasteiger charge is 2.13. The van der Waals surface area contributed by atoms with E-state index < -0.39 is 0 Å². The van der Waals surface area contributed by atoms with Gasteiger partial charge in [-0.1, -0.05) is 35.9 Å². The Hall–Kier alpha value is -2.40. The number of carbonyl (C=O) groups excluding carboxylic acids is 1. The lowest BCUT2D eigenvalue weighted by Gasteiger charge is -2.06. The molecule has 0 unspecified atom stereocenters.